The number of hydrogen-bond donors (Lipinski definition) is 2. The number of anilines is 1. The summed E-state index contributed by atoms with van der Waals surface area (Å²) in [5.74, 6) is 1.33. The minimum atomic E-state index is -0.175. The van der Waals surface area contributed by atoms with Gasteiger partial charge in [0, 0.05) is 48.3 Å². The fourth-order valence-corrected chi connectivity index (χ4v) is 6.12. The molecule has 198 valence electrons. The van der Waals surface area contributed by atoms with Crippen LogP contribution in [0.4, 0.5) is 5.82 Å². The molecule has 0 unspecified atom stereocenters. The Morgan fingerprint density at radius 3 is 2.56 bits per heavy atom. The number of nitrogen functional groups attached to an aromatic ring is 1. The molecule has 8 nitrogen and oxygen atoms in total. The van der Waals surface area contributed by atoms with Crippen molar-refractivity contribution in [2.75, 3.05) is 33.0 Å². The van der Waals surface area contributed by atoms with E-state index in [0.717, 1.165) is 74.7 Å². The highest BCUT2D eigenvalue weighted by Gasteiger charge is 2.32. The molecule has 0 bridgehead atoms. The second-order valence-corrected chi connectivity index (χ2v) is 10.3. The van der Waals surface area contributed by atoms with Crippen LogP contribution in [-0.4, -0.2) is 52.3 Å². The van der Waals surface area contributed by atoms with Crippen LogP contribution in [-0.2, 0) is 17.9 Å². The van der Waals surface area contributed by atoms with E-state index < -0.39 is 0 Å². The van der Waals surface area contributed by atoms with Crippen molar-refractivity contribution < 1.29 is 9.47 Å². The Morgan fingerprint density at radius 2 is 1.92 bits per heavy atom. The summed E-state index contributed by atoms with van der Waals surface area (Å²) in [6.07, 6.45) is 2.48. The van der Waals surface area contributed by atoms with Gasteiger partial charge in [0.05, 0.1) is 24.1 Å². The summed E-state index contributed by atoms with van der Waals surface area (Å²) >= 11 is 1.69. The summed E-state index contributed by atoms with van der Waals surface area (Å²) in [7, 11) is 3.43. The standard InChI is InChI=1S/C24H30N6O2S.3ClH/c1-14-7-15-9-19(33-22(15)18(8-14)32-4)20-16(11-31-3)17(10-29-6-5-24(2,26)12-29)30-21(20)23(25)27-13-28-30;;;/h7-9,13H,5-6,10-12,26H2,1-4H3,(H2,25,27,28);3*1H/t24-;;;/m0.../s1. The number of nitrogens with two attached hydrogens (primary N) is 2. The van der Waals surface area contributed by atoms with E-state index in [1.54, 1.807) is 25.6 Å². The highest BCUT2D eigenvalue weighted by molar-refractivity contribution is 7.22. The number of methoxy groups -OCH3 is 2. The summed E-state index contributed by atoms with van der Waals surface area (Å²) in [5, 5.41) is 5.75. The number of hydrogen-bond acceptors (Lipinski definition) is 8. The van der Waals surface area contributed by atoms with Crippen molar-refractivity contribution in [3.8, 4) is 16.2 Å². The normalized spacial score (nSPS) is 17.6. The molecule has 0 amide bonds. The van der Waals surface area contributed by atoms with Crippen LogP contribution in [0, 0.1) is 6.92 Å². The zero-order chi connectivity index (χ0) is 23.3. The Labute approximate surface area is 233 Å². The van der Waals surface area contributed by atoms with E-state index in [1.807, 2.05) is 4.52 Å². The Bertz CT molecular complexity index is 1360. The first-order valence-corrected chi connectivity index (χ1v) is 11.8. The summed E-state index contributed by atoms with van der Waals surface area (Å²) in [5.41, 5.74) is 17.8. The summed E-state index contributed by atoms with van der Waals surface area (Å²) in [4.78, 5) is 7.79. The first kappa shape index (κ1) is 30.4. The second kappa shape index (κ2) is 11.7. The lowest BCUT2D eigenvalue weighted by Gasteiger charge is -2.20. The molecule has 1 aliphatic rings. The molecule has 0 spiro atoms. The average Bonchev–Trinajstić information content (AvgIpc) is 3.42. The molecule has 1 saturated heterocycles. The van der Waals surface area contributed by atoms with Crippen molar-refractivity contribution >= 4 is 70.0 Å². The Morgan fingerprint density at radius 1 is 1.17 bits per heavy atom. The first-order chi connectivity index (χ1) is 15.8. The molecule has 4 aromatic rings. The number of aryl methyl sites for hydroxylation is 1. The number of benzene rings is 1. The molecule has 1 aliphatic heterocycles. The average molecular weight is 576 g/mol. The zero-order valence-electron chi connectivity index (χ0n) is 20.7. The van der Waals surface area contributed by atoms with Gasteiger partial charge in [-0.25, -0.2) is 9.50 Å². The van der Waals surface area contributed by atoms with Gasteiger partial charge < -0.3 is 20.9 Å². The van der Waals surface area contributed by atoms with E-state index in [2.05, 4.69) is 47.0 Å². The topological polar surface area (TPSA) is 104 Å². The van der Waals surface area contributed by atoms with Crippen LogP contribution in [0.2, 0.25) is 0 Å². The van der Waals surface area contributed by atoms with E-state index in [4.69, 9.17) is 20.9 Å². The van der Waals surface area contributed by atoms with E-state index in [0.29, 0.717) is 12.4 Å². The van der Waals surface area contributed by atoms with Gasteiger partial charge in [0.1, 0.15) is 17.6 Å². The molecule has 4 heterocycles. The van der Waals surface area contributed by atoms with Crippen LogP contribution in [0.3, 0.4) is 0 Å². The largest absolute Gasteiger partial charge is 0.495 e. The Balaban J connectivity index is 0.00000152. The highest BCUT2D eigenvalue weighted by Crippen LogP contribution is 2.44. The van der Waals surface area contributed by atoms with Gasteiger partial charge in [0.2, 0.25) is 0 Å². The molecular weight excluding hydrogens is 543 g/mol. The number of ether oxygens (including phenoxy) is 2. The van der Waals surface area contributed by atoms with Crippen molar-refractivity contribution in [2.24, 2.45) is 5.73 Å². The maximum atomic E-state index is 6.43. The van der Waals surface area contributed by atoms with Gasteiger partial charge in [-0.2, -0.15) is 5.10 Å². The Hall–Kier alpha value is -1.85. The lowest BCUT2D eigenvalue weighted by atomic mass is 10.0. The maximum absolute atomic E-state index is 6.43. The summed E-state index contributed by atoms with van der Waals surface area (Å²) in [6.45, 7) is 7.14. The van der Waals surface area contributed by atoms with Crippen molar-refractivity contribution in [1.29, 1.82) is 0 Å². The molecular formula is C24H33Cl3N6O2S. The minimum absolute atomic E-state index is 0. The fraction of sp³-hybridized carbons (Fsp3) is 0.417. The lowest BCUT2D eigenvalue weighted by Crippen LogP contribution is -2.39. The molecule has 0 saturated carbocycles. The predicted octanol–water partition coefficient (Wildman–Crippen LogP) is 4.85. The van der Waals surface area contributed by atoms with Gasteiger partial charge >= 0.3 is 0 Å². The van der Waals surface area contributed by atoms with Crippen molar-refractivity contribution in [2.45, 2.75) is 39.0 Å². The highest BCUT2D eigenvalue weighted by atomic mass is 35.5. The number of fused-ring (bicyclic) bond motifs is 2. The second-order valence-electron chi connectivity index (χ2n) is 9.25. The van der Waals surface area contributed by atoms with Crippen molar-refractivity contribution in [3.63, 3.8) is 0 Å². The van der Waals surface area contributed by atoms with Crippen LogP contribution in [0.15, 0.2) is 24.5 Å². The number of aromatic nitrogens is 3. The molecule has 1 fully saturated rings. The van der Waals surface area contributed by atoms with E-state index in [1.165, 1.54) is 6.33 Å². The van der Waals surface area contributed by atoms with Crippen LogP contribution < -0.4 is 16.2 Å². The van der Waals surface area contributed by atoms with Gasteiger partial charge in [-0.05, 0) is 43.4 Å². The smallest absolute Gasteiger partial charge is 0.152 e. The summed E-state index contributed by atoms with van der Waals surface area (Å²) in [6, 6.07) is 6.45. The van der Waals surface area contributed by atoms with E-state index in [9.17, 15) is 0 Å². The number of thiophene rings is 1. The first-order valence-electron chi connectivity index (χ1n) is 11.0. The Kier molecular flexibility index (Phi) is 9.86. The van der Waals surface area contributed by atoms with Crippen LogP contribution in [0.25, 0.3) is 26.0 Å². The number of nitrogens with zero attached hydrogens (tertiary/aromatic N) is 4. The third-order valence-electron chi connectivity index (χ3n) is 6.40. The molecule has 12 heteroatoms. The maximum Gasteiger partial charge on any atom is 0.152 e. The molecule has 0 aliphatic carbocycles. The van der Waals surface area contributed by atoms with Gasteiger partial charge in [-0.15, -0.1) is 48.6 Å². The molecule has 5 rings (SSSR count). The van der Waals surface area contributed by atoms with Gasteiger partial charge in [0.15, 0.2) is 5.82 Å². The van der Waals surface area contributed by atoms with E-state index >= 15 is 0 Å². The SMILES string of the molecule is COCc1c(-c2cc3cc(C)cc(OC)c3s2)c2c(N)ncnn2c1CN1CC[C@](C)(N)C1.Cl.Cl.Cl. The molecule has 0 radical (unpaired) electrons. The van der Waals surface area contributed by atoms with E-state index in [-0.39, 0.29) is 42.8 Å². The third-order valence-corrected chi connectivity index (χ3v) is 7.58. The fourth-order valence-electron chi connectivity index (χ4n) is 4.92. The minimum Gasteiger partial charge on any atom is -0.495 e. The quantitative estimate of drug-likeness (QED) is 0.339. The van der Waals surface area contributed by atoms with Crippen LogP contribution in [0.1, 0.15) is 30.2 Å². The van der Waals surface area contributed by atoms with Gasteiger partial charge in [-0.3, -0.25) is 4.90 Å². The number of halogens is 3. The van der Waals surface area contributed by atoms with Gasteiger partial charge in [-0.1, -0.05) is 6.07 Å². The number of likely N-dealkylation sites (tertiary alicyclic amines) is 1. The summed E-state index contributed by atoms with van der Waals surface area (Å²) < 4.78 is 14.4. The predicted molar refractivity (Wildman–Crippen MR) is 154 cm³/mol. The van der Waals surface area contributed by atoms with Gasteiger partial charge in [0.25, 0.3) is 0 Å². The molecule has 1 atom stereocenters. The molecule has 36 heavy (non-hydrogen) atoms. The lowest BCUT2D eigenvalue weighted by molar-refractivity contribution is 0.183. The van der Waals surface area contributed by atoms with Crippen molar-refractivity contribution in [3.05, 3.63) is 41.3 Å². The van der Waals surface area contributed by atoms with Crippen LogP contribution >= 0.6 is 48.6 Å². The molecule has 3 aromatic heterocycles. The molecule has 4 N–H and O–H groups in total. The monoisotopic (exact) mass is 574 g/mol. The number of rotatable bonds is 6. The molecule has 1 aromatic carbocycles. The van der Waals surface area contributed by atoms with Crippen molar-refractivity contribution in [1.82, 2.24) is 19.5 Å². The third kappa shape index (κ3) is 5.38. The van der Waals surface area contributed by atoms with Crippen LogP contribution in [0.5, 0.6) is 5.75 Å². The zero-order valence-corrected chi connectivity index (χ0v) is 24.0.